The second-order valence-electron chi connectivity index (χ2n) is 3.51. The summed E-state index contributed by atoms with van der Waals surface area (Å²) in [6.07, 6.45) is 4.89. The molecule has 1 aromatic carbocycles. The number of halogens is 2. The molecule has 1 N–H and O–H groups in total. The lowest BCUT2D eigenvalue weighted by Gasteiger charge is -2.04. The molecular formula is C11H5Br2N3O. The van der Waals surface area contributed by atoms with E-state index in [9.17, 15) is 4.79 Å². The smallest absolute Gasteiger partial charge is 0.203 e. The predicted octanol–water partition coefficient (Wildman–Crippen LogP) is 3.00. The van der Waals surface area contributed by atoms with Gasteiger partial charge in [0.15, 0.2) is 0 Å². The summed E-state index contributed by atoms with van der Waals surface area (Å²) < 4.78 is 1.21. The quantitative estimate of drug-likeness (QED) is 0.631. The van der Waals surface area contributed by atoms with E-state index in [4.69, 9.17) is 0 Å². The minimum Gasteiger partial charge on any atom is -0.358 e. The van der Waals surface area contributed by atoms with Gasteiger partial charge in [-0.25, -0.2) is 0 Å². The highest BCUT2D eigenvalue weighted by molar-refractivity contribution is 9.11. The Hall–Kier alpha value is -1.27. The van der Waals surface area contributed by atoms with Crippen LogP contribution in [0.2, 0.25) is 0 Å². The van der Waals surface area contributed by atoms with Crippen molar-refractivity contribution < 1.29 is 0 Å². The van der Waals surface area contributed by atoms with E-state index in [1.165, 1.54) is 6.20 Å². The van der Waals surface area contributed by atoms with Crippen molar-refractivity contribution in [2.75, 3.05) is 0 Å². The number of rotatable bonds is 0. The average molecular weight is 355 g/mol. The van der Waals surface area contributed by atoms with Crippen LogP contribution < -0.4 is 5.43 Å². The molecule has 0 aliphatic rings. The van der Waals surface area contributed by atoms with Crippen LogP contribution in [0.3, 0.4) is 0 Å². The summed E-state index contributed by atoms with van der Waals surface area (Å²) in [5.41, 5.74) is 2.11. The summed E-state index contributed by atoms with van der Waals surface area (Å²) in [6, 6.07) is 1.74. The SMILES string of the molecule is O=c1c(Br)cnc2c(Br)c3[nH]ccnc3cc12. The number of fused-ring (bicyclic) bond motifs is 2. The Morgan fingerprint density at radius 2 is 2.06 bits per heavy atom. The molecule has 3 rings (SSSR count). The normalized spacial score (nSPS) is 11.2. The summed E-state index contributed by atoms with van der Waals surface area (Å²) in [5, 5.41) is 0.547. The highest BCUT2D eigenvalue weighted by Crippen LogP contribution is 2.28. The predicted molar refractivity (Wildman–Crippen MR) is 73.1 cm³/mol. The number of benzene rings is 1. The number of hydrogen-bond acceptors (Lipinski definition) is 3. The van der Waals surface area contributed by atoms with Gasteiger partial charge < -0.3 is 4.98 Å². The number of nitrogens with zero attached hydrogens (tertiary/aromatic N) is 2. The van der Waals surface area contributed by atoms with Gasteiger partial charge in [0.25, 0.3) is 0 Å². The minimum absolute atomic E-state index is 0.0803. The second-order valence-corrected chi connectivity index (χ2v) is 5.15. The molecule has 3 aromatic rings. The first kappa shape index (κ1) is 10.9. The van der Waals surface area contributed by atoms with E-state index >= 15 is 0 Å². The maximum atomic E-state index is 12.0. The molecule has 0 amide bonds. The van der Waals surface area contributed by atoms with E-state index in [1.54, 1.807) is 18.5 Å². The van der Waals surface area contributed by atoms with Gasteiger partial charge in [-0.2, -0.15) is 0 Å². The fourth-order valence-electron chi connectivity index (χ4n) is 1.71. The van der Waals surface area contributed by atoms with E-state index in [1.807, 2.05) is 0 Å². The molecule has 2 aromatic heterocycles. The summed E-state index contributed by atoms with van der Waals surface area (Å²) in [5.74, 6) is 0. The van der Waals surface area contributed by atoms with Crippen LogP contribution in [0.15, 0.2) is 38.4 Å². The van der Waals surface area contributed by atoms with E-state index in [2.05, 4.69) is 46.8 Å². The van der Waals surface area contributed by atoms with Crippen LogP contribution in [0.5, 0.6) is 0 Å². The van der Waals surface area contributed by atoms with Gasteiger partial charge >= 0.3 is 0 Å². The van der Waals surface area contributed by atoms with Gasteiger partial charge in [0.1, 0.15) is 0 Å². The Labute approximate surface area is 112 Å². The molecule has 0 saturated carbocycles. The molecule has 0 bridgehead atoms. The molecular weight excluding hydrogens is 350 g/mol. The molecule has 2 heterocycles. The van der Waals surface area contributed by atoms with Crippen LogP contribution >= 0.6 is 31.9 Å². The monoisotopic (exact) mass is 353 g/mol. The van der Waals surface area contributed by atoms with E-state index in [0.717, 1.165) is 15.5 Å². The van der Waals surface area contributed by atoms with Crippen LogP contribution in [0.25, 0.3) is 21.9 Å². The molecule has 0 radical (unpaired) electrons. The molecule has 17 heavy (non-hydrogen) atoms. The zero-order valence-corrected chi connectivity index (χ0v) is 11.5. The highest BCUT2D eigenvalue weighted by atomic mass is 79.9. The zero-order valence-electron chi connectivity index (χ0n) is 8.37. The van der Waals surface area contributed by atoms with Crippen LogP contribution in [0.4, 0.5) is 0 Å². The van der Waals surface area contributed by atoms with Crippen molar-refractivity contribution in [3.63, 3.8) is 0 Å². The third-order valence-corrected chi connectivity index (χ3v) is 3.84. The zero-order chi connectivity index (χ0) is 12.0. The molecule has 0 aliphatic heterocycles. The minimum atomic E-state index is -0.0803. The largest absolute Gasteiger partial charge is 0.358 e. The molecule has 0 saturated heterocycles. The van der Waals surface area contributed by atoms with Crippen molar-refractivity contribution in [1.82, 2.24) is 15.0 Å². The summed E-state index contributed by atoms with van der Waals surface area (Å²) in [7, 11) is 0. The first-order chi connectivity index (χ1) is 8.18. The van der Waals surface area contributed by atoms with E-state index < -0.39 is 0 Å². The van der Waals surface area contributed by atoms with Crippen molar-refractivity contribution in [3.8, 4) is 0 Å². The molecule has 0 atom stereocenters. The molecule has 0 spiro atoms. The lowest BCUT2D eigenvalue weighted by molar-refractivity contribution is 1.28. The van der Waals surface area contributed by atoms with Crippen LogP contribution in [-0.2, 0) is 0 Å². The number of H-pyrrole nitrogens is 1. The van der Waals surface area contributed by atoms with Crippen molar-refractivity contribution in [2.24, 2.45) is 0 Å². The Bertz CT molecular complexity index is 798. The fraction of sp³-hybridized carbons (Fsp3) is 0. The topological polar surface area (TPSA) is 58.6 Å². The highest BCUT2D eigenvalue weighted by Gasteiger charge is 2.11. The lowest BCUT2D eigenvalue weighted by atomic mass is 10.2. The molecule has 0 aliphatic carbocycles. The van der Waals surface area contributed by atoms with Gasteiger partial charge in [-0.15, -0.1) is 0 Å². The van der Waals surface area contributed by atoms with Gasteiger partial charge in [0, 0.05) is 18.6 Å². The summed E-state index contributed by atoms with van der Waals surface area (Å²) in [4.78, 5) is 23.5. The number of aromatic nitrogens is 3. The third kappa shape index (κ3) is 1.59. The Morgan fingerprint density at radius 3 is 2.88 bits per heavy atom. The van der Waals surface area contributed by atoms with Crippen LogP contribution in [-0.4, -0.2) is 15.0 Å². The Balaban J connectivity index is 2.64. The maximum Gasteiger partial charge on any atom is 0.203 e. The van der Waals surface area contributed by atoms with Crippen molar-refractivity contribution in [3.05, 3.63) is 43.8 Å². The van der Waals surface area contributed by atoms with Crippen LogP contribution in [0, 0.1) is 0 Å². The molecule has 6 heteroatoms. The number of nitrogens with one attached hydrogen (secondary N) is 1. The number of hydrogen-bond donors (Lipinski definition) is 1. The van der Waals surface area contributed by atoms with E-state index in [-0.39, 0.29) is 5.43 Å². The van der Waals surface area contributed by atoms with E-state index in [0.29, 0.717) is 15.4 Å². The first-order valence-corrected chi connectivity index (χ1v) is 6.37. The molecule has 84 valence electrons. The molecule has 0 unspecified atom stereocenters. The third-order valence-electron chi connectivity index (χ3n) is 2.50. The maximum absolute atomic E-state index is 12.0. The van der Waals surface area contributed by atoms with Gasteiger partial charge in [0.2, 0.25) is 5.43 Å². The van der Waals surface area contributed by atoms with Gasteiger partial charge in [-0.05, 0) is 37.9 Å². The fourth-order valence-corrected chi connectivity index (χ4v) is 2.66. The van der Waals surface area contributed by atoms with Crippen molar-refractivity contribution in [2.45, 2.75) is 0 Å². The molecule has 4 nitrogen and oxygen atoms in total. The van der Waals surface area contributed by atoms with Gasteiger partial charge in [0.05, 0.1) is 30.9 Å². The Morgan fingerprint density at radius 1 is 1.24 bits per heavy atom. The Kier molecular flexibility index (Phi) is 2.48. The van der Waals surface area contributed by atoms with Gasteiger partial charge in [-0.1, -0.05) is 0 Å². The number of aromatic amines is 1. The van der Waals surface area contributed by atoms with Gasteiger partial charge in [-0.3, -0.25) is 14.8 Å². The van der Waals surface area contributed by atoms with Crippen LogP contribution in [0.1, 0.15) is 0 Å². The summed E-state index contributed by atoms with van der Waals surface area (Å²) >= 11 is 6.64. The summed E-state index contributed by atoms with van der Waals surface area (Å²) in [6.45, 7) is 0. The number of pyridine rings is 1. The average Bonchev–Trinajstić information content (AvgIpc) is 2.35. The second kappa shape index (κ2) is 3.89. The molecule has 0 fully saturated rings. The lowest BCUT2D eigenvalue weighted by Crippen LogP contribution is -2.04. The van der Waals surface area contributed by atoms with Crippen molar-refractivity contribution in [1.29, 1.82) is 0 Å². The van der Waals surface area contributed by atoms with Crippen molar-refractivity contribution >= 4 is 53.8 Å². The standard InChI is InChI=1S/C11H5Br2N3O/c12-6-4-16-9-5(11(6)17)3-7-10(8(9)13)15-2-1-14-7/h1-4,15H. The first-order valence-electron chi connectivity index (χ1n) is 4.78.